The van der Waals surface area contributed by atoms with Crippen LogP contribution in [-0.2, 0) is 14.3 Å². The van der Waals surface area contributed by atoms with Crippen LogP contribution in [-0.4, -0.2) is 47.4 Å². The molecule has 0 heterocycles. The Kier molecular flexibility index (Phi) is 53.5. The molecule has 0 saturated carbocycles. The SMILES string of the molecule is CCCCCCCCCCCCCCCCCCCCC(=O)OCCCCCCCCCCCCCCCCCC(=O)NC(CO)C(O)CCCCCCCCCCCCCCCC. The van der Waals surface area contributed by atoms with Crippen molar-refractivity contribution >= 4 is 11.9 Å². The molecule has 0 rings (SSSR count). The highest BCUT2D eigenvalue weighted by Crippen LogP contribution is 2.18. The molecule has 382 valence electrons. The largest absolute Gasteiger partial charge is 0.466 e. The monoisotopic (exact) mass is 906 g/mol. The molecule has 0 aliphatic carbocycles. The summed E-state index contributed by atoms with van der Waals surface area (Å²) in [7, 11) is 0. The number of aliphatic hydroxyl groups excluding tert-OH is 2. The second kappa shape index (κ2) is 54.5. The first-order chi connectivity index (χ1) is 31.5. The van der Waals surface area contributed by atoms with Gasteiger partial charge in [-0.05, 0) is 25.7 Å². The first kappa shape index (κ1) is 62.9. The summed E-state index contributed by atoms with van der Waals surface area (Å²) in [6.07, 6.45) is 62.3. The highest BCUT2D eigenvalue weighted by molar-refractivity contribution is 5.76. The average molecular weight is 907 g/mol. The molecule has 0 aromatic heterocycles. The highest BCUT2D eigenvalue weighted by atomic mass is 16.5. The van der Waals surface area contributed by atoms with Crippen molar-refractivity contribution in [2.24, 2.45) is 0 Å². The van der Waals surface area contributed by atoms with Gasteiger partial charge in [0.05, 0.1) is 25.4 Å². The minimum atomic E-state index is -0.668. The van der Waals surface area contributed by atoms with Gasteiger partial charge in [-0.2, -0.15) is 0 Å². The van der Waals surface area contributed by atoms with Crippen molar-refractivity contribution in [1.82, 2.24) is 5.32 Å². The minimum absolute atomic E-state index is 0.00603. The number of aliphatic hydroxyl groups is 2. The van der Waals surface area contributed by atoms with Gasteiger partial charge in [0.15, 0.2) is 0 Å². The van der Waals surface area contributed by atoms with Gasteiger partial charge in [-0.1, -0.05) is 296 Å². The standard InChI is InChI=1S/C58H115NO5/c1-3-5-7-9-11-13-15-17-19-20-21-24-28-32-36-40-44-48-52-58(63)64-53-49-45-41-37-33-29-25-22-23-27-31-35-39-43-47-51-57(62)59-55(54-60)56(61)50-46-42-38-34-30-26-18-16-14-12-10-8-6-4-2/h55-56,60-61H,3-54H2,1-2H3,(H,59,62). The number of esters is 1. The molecule has 0 saturated heterocycles. The second-order valence-corrected chi connectivity index (χ2v) is 20.3. The van der Waals surface area contributed by atoms with Gasteiger partial charge in [-0.25, -0.2) is 0 Å². The van der Waals surface area contributed by atoms with E-state index in [0.29, 0.717) is 25.9 Å². The Balaban J connectivity index is 3.39. The molecule has 0 aliphatic rings. The molecule has 1 amide bonds. The lowest BCUT2D eigenvalue weighted by atomic mass is 10.0. The van der Waals surface area contributed by atoms with Crippen LogP contribution >= 0.6 is 0 Å². The molecule has 0 aromatic carbocycles. The number of carbonyl (C=O) groups excluding carboxylic acids is 2. The third-order valence-corrected chi connectivity index (χ3v) is 13.9. The fraction of sp³-hybridized carbons (Fsp3) is 0.966. The maximum absolute atomic E-state index is 12.5. The lowest BCUT2D eigenvalue weighted by Gasteiger charge is -2.22. The summed E-state index contributed by atoms with van der Waals surface area (Å²) < 4.78 is 5.49. The number of hydrogen-bond donors (Lipinski definition) is 3. The maximum atomic E-state index is 12.5. The summed E-state index contributed by atoms with van der Waals surface area (Å²) in [5.74, 6) is -0.0348. The van der Waals surface area contributed by atoms with Crippen molar-refractivity contribution in [3.63, 3.8) is 0 Å². The highest BCUT2D eigenvalue weighted by Gasteiger charge is 2.20. The van der Waals surface area contributed by atoms with Crippen molar-refractivity contribution in [2.75, 3.05) is 13.2 Å². The topological polar surface area (TPSA) is 95.9 Å². The van der Waals surface area contributed by atoms with Crippen LogP contribution in [0.3, 0.4) is 0 Å². The van der Waals surface area contributed by atoms with E-state index >= 15 is 0 Å². The summed E-state index contributed by atoms with van der Waals surface area (Å²) in [6.45, 7) is 4.96. The lowest BCUT2D eigenvalue weighted by molar-refractivity contribution is -0.143. The van der Waals surface area contributed by atoms with Crippen LogP contribution in [0.2, 0.25) is 0 Å². The molecular weight excluding hydrogens is 791 g/mol. The van der Waals surface area contributed by atoms with Crippen LogP contribution in [0.15, 0.2) is 0 Å². The number of carbonyl (C=O) groups is 2. The van der Waals surface area contributed by atoms with Gasteiger partial charge in [0.25, 0.3) is 0 Å². The van der Waals surface area contributed by atoms with Gasteiger partial charge in [0.1, 0.15) is 0 Å². The number of nitrogens with one attached hydrogen (secondary N) is 1. The molecule has 2 atom stereocenters. The molecule has 6 heteroatoms. The number of amides is 1. The molecule has 0 spiro atoms. The van der Waals surface area contributed by atoms with E-state index in [1.807, 2.05) is 0 Å². The second-order valence-electron chi connectivity index (χ2n) is 20.3. The van der Waals surface area contributed by atoms with Crippen molar-refractivity contribution in [1.29, 1.82) is 0 Å². The van der Waals surface area contributed by atoms with Crippen molar-refractivity contribution < 1.29 is 24.5 Å². The van der Waals surface area contributed by atoms with Crippen molar-refractivity contribution in [3.8, 4) is 0 Å². The lowest BCUT2D eigenvalue weighted by Crippen LogP contribution is -2.45. The van der Waals surface area contributed by atoms with Gasteiger partial charge in [-0.3, -0.25) is 9.59 Å². The molecule has 2 unspecified atom stereocenters. The van der Waals surface area contributed by atoms with E-state index in [9.17, 15) is 19.8 Å². The van der Waals surface area contributed by atoms with Crippen LogP contribution < -0.4 is 5.32 Å². The quantitative estimate of drug-likeness (QED) is 0.0417. The van der Waals surface area contributed by atoms with Gasteiger partial charge in [0, 0.05) is 12.8 Å². The fourth-order valence-electron chi connectivity index (χ4n) is 9.41. The zero-order valence-corrected chi connectivity index (χ0v) is 43.5. The third-order valence-electron chi connectivity index (χ3n) is 13.9. The molecule has 0 aromatic rings. The van der Waals surface area contributed by atoms with Crippen LogP contribution in [0.5, 0.6) is 0 Å². The average Bonchev–Trinajstić information content (AvgIpc) is 3.29. The van der Waals surface area contributed by atoms with Crippen molar-refractivity contribution in [2.45, 2.75) is 347 Å². The van der Waals surface area contributed by atoms with E-state index in [1.165, 1.54) is 257 Å². The number of ether oxygens (including phenoxy) is 1. The van der Waals surface area contributed by atoms with Gasteiger partial charge in [-0.15, -0.1) is 0 Å². The minimum Gasteiger partial charge on any atom is -0.466 e. The third kappa shape index (κ3) is 50.3. The Morgan fingerprint density at radius 1 is 0.375 bits per heavy atom. The first-order valence-corrected chi connectivity index (χ1v) is 29.3. The molecular formula is C58H115NO5. The van der Waals surface area contributed by atoms with Gasteiger partial charge >= 0.3 is 5.97 Å². The molecule has 0 bridgehead atoms. The first-order valence-electron chi connectivity index (χ1n) is 29.3. The molecule has 64 heavy (non-hydrogen) atoms. The Morgan fingerprint density at radius 2 is 0.641 bits per heavy atom. The summed E-state index contributed by atoms with van der Waals surface area (Å²) in [5.41, 5.74) is 0. The summed E-state index contributed by atoms with van der Waals surface area (Å²) in [6, 6.07) is -0.546. The van der Waals surface area contributed by atoms with Crippen molar-refractivity contribution in [3.05, 3.63) is 0 Å². The molecule has 3 N–H and O–H groups in total. The molecule has 0 radical (unpaired) electrons. The Labute approximate surface area is 400 Å². The van der Waals surface area contributed by atoms with Gasteiger partial charge < -0.3 is 20.3 Å². The predicted octanol–water partition coefficient (Wildman–Crippen LogP) is 17.9. The van der Waals surface area contributed by atoms with Crippen LogP contribution in [0.1, 0.15) is 335 Å². The predicted molar refractivity (Wildman–Crippen MR) is 278 cm³/mol. The van der Waals surface area contributed by atoms with Crippen LogP contribution in [0.4, 0.5) is 0 Å². The van der Waals surface area contributed by atoms with E-state index < -0.39 is 12.1 Å². The van der Waals surface area contributed by atoms with Crippen LogP contribution in [0, 0.1) is 0 Å². The van der Waals surface area contributed by atoms with Crippen LogP contribution in [0.25, 0.3) is 0 Å². The zero-order valence-electron chi connectivity index (χ0n) is 43.5. The normalized spacial score (nSPS) is 12.5. The number of rotatable bonds is 55. The van der Waals surface area contributed by atoms with E-state index in [1.54, 1.807) is 0 Å². The smallest absolute Gasteiger partial charge is 0.305 e. The molecule has 0 fully saturated rings. The molecule has 6 nitrogen and oxygen atoms in total. The maximum Gasteiger partial charge on any atom is 0.305 e. The molecule has 0 aliphatic heterocycles. The Morgan fingerprint density at radius 3 is 0.953 bits per heavy atom. The van der Waals surface area contributed by atoms with Gasteiger partial charge in [0.2, 0.25) is 5.91 Å². The fourth-order valence-corrected chi connectivity index (χ4v) is 9.41. The summed E-state index contributed by atoms with van der Waals surface area (Å²) >= 11 is 0. The summed E-state index contributed by atoms with van der Waals surface area (Å²) in [4.78, 5) is 24.5. The van der Waals surface area contributed by atoms with E-state index in [2.05, 4.69) is 19.2 Å². The van der Waals surface area contributed by atoms with E-state index in [-0.39, 0.29) is 18.5 Å². The number of unbranched alkanes of at least 4 members (excludes halogenated alkanes) is 44. The van der Waals surface area contributed by atoms with E-state index in [0.717, 1.165) is 44.9 Å². The Bertz CT molecular complexity index is 913. The van der Waals surface area contributed by atoms with E-state index in [4.69, 9.17) is 4.74 Å². The number of hydrogen-bond acceptors (Lipinski definition) is 5. The summed E-state index contributed by atoms with van der Waals surface area (Å²) in [5, 5.41) is 23.2. The zero-order chi connectivity index (χ0) is 46.5. The Hall–Kier alpha value is -1.14.